The van der Waals surface area contributed by atoms with Crippen LogP contribution >= 0.6 is 11.3 Å². The molecule has 0 radical (unpaired) electrons. The summed E-state index contributed by atoms with van der Waals surface area (Å²) in [6.45, 7) is 8.15. The minimum Gasteiger partial charge on any atom is -0.466 e. The first-order chi connectivity index (χ1) is 14.5. The number of piperidine rings is 1. The fourth-order valence-corrected chi connectivity index (χ4v) is 5.21. The van der Waals surface area contributed by atoms with E-state index in [0.717, 1.165) is 23.1 Å². The van der Waals surface area contributed by atoms with Crippen LogP contribution in [0.2, 0.25) is 0 Å². The molecule has 0 spiro atoms. The Balaban J connectivity index is 1.66. The summed E-state index contributed by atoms with van der Waals surface area (Å²) < 4.78 is 8.46. The highest BCUT2D eigenvalue weighted by Gasteiger charge is 2.31. The van der Waals surface area contributed by atoms with Crippen LogP contribution in [-0.2, 0) is 16.1 Å². The third-order valence-electron chi connectivity index (χ3n) is 5.85. The van der Waals surface area contributed by atoms with Gasteiger partial charge >= 0.3 is 5.97 Å². The standard InChI is InChI=1S/C24H28N2O3S/c1-4-29-24(28)19-10-7-11-25(14-19)23(27)21-13-22-20(12-17(3)30-22)26(21)15-18-9-6-5-8-16(18)2/h5-6,8-9,12-13,19H,4,7,10-11,14-15H2,1-3H3/t19-/m1/s1. The van der Waals surface area contributed by atoms with E-state index in [1.54, 1.807) is 11.3 Å². The fourth-order valence-electron chi connectivity index (χ4n) is 4.25. The van der Waals surface area contributed by atoms with E-state index < -0.39 is 0 Å². The van der Waals surface area contributed by atoms with Crippen molar-refractivity contribution >= 4 is 33.4 Å². The summed E-state index contributed by atoms with van der Waals surface area (Å²) in [6, 6.07) is 12.5. The summed E-state index contributed by atoms with van der Waals surface area (Å²) in [7, 11) is 0. The van der Waals surface area contributed by atoms with Crippen LogP contribution in [0.4, 0.5) is 0 Å². The van der Waals surface area contributed by atoms with Gasteiger partial charge in [-0.1, -0.05) is 24.3 Å². The highest BCUT2D eigenvalue weighted by atomic mass is 32.1. The van der Waals surface area contributed by atoms with Gasteiger partial charge in [0.05, 0.1) is 22.7 Å². The number of likely N-dealkylation sites (tertiary alicyclic amines) is 1. The van der Waals surface area contributed by atoms with E-state index in [-0.39, 0.29) is 17.8 Å². The number of hydrogen-bond acceptors (Lipinski definition) is 4. The molecule has 1 aromatic carbocycles. The molecule has 0 aliphatic carbocycles. The Morgan fingerprint density at radius 3 is 2.77 bits per heavy atom. The van der Waals surface area contributed by atoms with Gasteiger partial charge in [-0.3, -0.25) is 9.59 Å². The summed E-state index contributed by atoms with van der Waals surface area (Å²) >= 11 is 1.71. The largest absolute Gasteiger partial charge is 0.466 e. The molecule has 30 heavy (non-hydrogen) atoms. The molecule has 6 heteroatoms. The molecule has 1 aliphatic heterocycles. The van der Waals surface area contributed by atoms with Crippen molar-refractivity contribution in [3.63, 3.8) is 0 Å². The van der Waals surface area contributed by atoms with Gasteiger partial charge in [0.25, 0.3) is 5.91 Å². The molecule has 158 valence electrons. The minimum absolute atomic E-state index is 0.00126. The summed E-state index contributed by atoms with van der Waals surface area (Å²) in [6.07, 6.45) is 1.60. The average Bonchev–Trinajstić information content (AvgIpc) is 3.26. The van der Waals surface area contributed by atoms with Gasteiger partial charge in [-0.2, -0.15) is 0 Å². The van der Waals surface area contributed by atoms with Crippen molar-refractivity contribution in [2.75, 3.05) is 19.7 Å². The van der Waals surface area contributed by atoms with Gasteiger partial charge in [-0.25, -0.2) is 0 Å². The van der Waals surface area contributed by atoms with Crippen molar-refractivity contribution in [1.82, 2.24) is 9.47 Å². The molecule has 3 aromatic rings. The Bertz CT molecular complexity index is 1080. The molecular formula is C24H28N2O3S. The fraction of sp³-hybridized carbons (Fsp3) is 0.417. The zero-order chi connectivity index (χ0) is 21.3. The number of carbonyl (C=O) groups excluding carboxylic acids is 2. The number of aromatic nitrogens is 1. The van der Waals surface area contributed by atoms with Crippen LogP contribution in [0.15, 0.2) is 36.4 Å². The Labute approximate surface area is 181 Å². The number of aryl methyl sites for hydroxylation is 2. The molecule has 1 fully saturated rings. The van der Waals surface area contributed by atoms with E-state index in [1.165, 1.54) is 16.0 Å². The van der Waals surface area contributed by atoms with Crippen molar-refractivity contribution in [3.05, 3.63) is 58.1 Å². The van der Waals surface area contributed by atoms with Gasteiger partial charge in [0, 0.05) is 24.5 Å². The molecule has 1 aliphatic rings. The molecule has 1 saturated heterocycles. The van der Waals surface area contributed by atoms with Crippen LogP contribution < -0.4 is 0 Å². The third kappa shape index (κ3) is 4.01. The van der Waals surface area contributed by atoms with E-state index in [4.69, 9.17) is 4.74 Å². The number of thiophene rings is 1. The van der Waals surface area contributed by atoms with Gasteiger partial charge in [-0.05, 0) is 56.9 Å². The van der Waals surface area contributed by atoms with Crippen LogP contribution in [0.25, 0.3) is 10.2 Å². The number of rotatable bonds is 5. The Morgan fingerprint density at radius 2 is 2.00 bits per heavy atom. The Morgan fingerprint density at radius 1 is 1.20 bits per heavy atom. The average molecular weight is 425 g/mol. The molecule has 1 atom stereocenters. The van der Waals surface area contributed by atoms with E-state index in [2.05, 4.69) is 36.6 Å². The lowest BCUT2D eigenvalue weighted by Crippen LogP contribution is -2.43. The van der Waals surface area contributed by atoms with Gasteiger partial charge < -0.3 is 14.2 Å². The lowest BCUT2D eigenvalue weighted by molar-refractivity contribution is -0.149. The van der Waals surface area contributed by atoms with Crippen LogP contribution in [-0.4, -0.2) is 41.0 Å². The second-order valence-electron chi connectivity index (χ2n) is 7.99. The topological polar surface area (TPSA) is 51.5 Å². The molecule has 0 unspecified atom stereocenters. The van der Waals surface area contributed by atoms with Crippen LogP contribution in [0.5, 0.6) is 0 Å². The van der Waals surface area contributed by atoms with Crippen LogP contribution in [0.3, 0.4) is 0 Å². The number of benzene rings is 1. The molecule has 5 nitrogen and oxygen atoms in total. The van der Waals surface area contributed by atoms with Gasteiger partial charge in [0.2, 0.25) is 0 Å². The van der Waals surface area contributed by atoms with Crippen molar-refractivity contribution in [1.29, 1.82) is 0 Å². The molecular weight excluding hydrogens is 396 g/mol. The quantitative estimate of drug-likeness (QED) is 0.554. The predicted octanol–water partition coefficient (Wildman–Crippen LogP) is 4.78. The van der Waals surface area contributed by atoms with Crippen molar-refractivity contribution in [2.24, 2.45) is 5.92 Å². The molecule has 0 bridgehead atoms. The number of esters is 1. The number of fused-ring (bicyclic) bond motifs is 1. The number of carbonyl (C=O) groups is 2. The molecule has 1 amide bonds. The normalized spacial score (nSPS) is 16.8. The molecule has 4 rings (SSSR count). The van der Waals surface area contributed by atoms with Crippen molar-refractivity contribution < 1.29 is 14.3 Å². The Hall–Kier alpha value is -2.60. The maximum atomic E-state index is 13.5. The zero-order valence-electron chi connectivity index (χ0n) is 17.8. The van der Waals surface area contributed by atoms with Gasteiger partial charge in [0.15, 0.2) is 0 Å². The SMILES string of the molecule is CCOC(=O)[C@@H]1CCCN(C(=O)c2cc3sc(C)cc3n2Cc2ccccc2C)C1. The van der Waals surface area contributed by atoms with Crippen LogP contribution in [0, 0.1) is 19.8 Å². The molecule has 0 saturated carbocycles. The smallest absolute Gasteiger partial charge is 0.310 e. The lowest BCUT2D eigenvalue weighted by Gasteiger charge is -2.31. The number of amides is 1. The second kappa shape index (κ2) is 8.64. The van der Waals surface area contributed by atoms with E-state index in [1.807, 2.05) is 30.0 Å². The second-order valence-corrected chi connectivity index (χ2v) is 9.28. The number of nitrogens with zero attached hydrogens (tertiary/aromatic N) is 2. The maximum absolute atomic E-state index is 13.5. The summed E-state index contributed by atoms with van der Waals surface area (Å²) in [4.78, 5) is 28.8. The van der Waals surface area contributed by atoms with Crippen molar-refractivity contribution in [3.8, 4) is 0 Å². The first-order valence-corrected chi connectivity index (χ1v) is 11.4. The van der Waals surface area contributed by atoms with Gasteiger partial charge in [0.1, 0.15) is 5.69 Å². The number of ether oxygens (including phenoxy) is 1. The Kier molecular flexibility index (Phi) is 5.95. The van der Waals surface area contributed by atoms with Crippen molar-refractivity contribution in [2.45, 2.75) is 40.2 Å². The van der Waals surface area contributed by atoms with E-state index in [0.29, 0.717) is 31.9 Å². The molecule has 2 aromatic heterocycles. The summed E-state index contributed by atoms with van der Waals surface area (Å²) in [5, 5.41) is 0. The van der Waals surface area contributed by atoms with E-state index in [9.17, 15) is 9.59 Å². The highest BCUT2D eigenvalue weighted by molar-refractivity contribution is 7.19. The zero-order valence-corrected chi connectivity index (χ0v) is 18.6. The van der Waals surface area contributed by atoms with Crippen LogP contribution in [0.1, 0.15) is 46.3 Å². The molecule has 0 N–H and O–H groups in total. The maximum Gasteiger partial charge on any atom is 0.310 e. The third-order valence-corrected chi connectivity index (χ3v) is 6.84. The lowest BCUT2D eigenvalue weighted by atomic mass is 9.98. The summed E-state index contributed by atoms with van der Waals surface area (Å²) in [5.41, 5.74) is 4.22. The first kappa shape index (κ1) is 20.7. The first-order valence-electron chi connectivity index (χ1n) is 10.6. The minimum atomic E-state index is -0.231. The summed E-state index contributed by atoms with van der Waals surface area (Å²) in [5.74, 6) is -0.425. The molecule has 3 heterocycles. The predicted molar refractivity (Wildman–Crippen MR) is 120 cm³/mol. The number of hydrogen-bond donors (Lipinski definition) is 0. The monoisotopic (exact) mass is 424 g/mol. The van der Waals surface area contributed by atoms with E-state index >= 15 is 0 Å². The highest BCUT2D eigenvalue weighted by Crippen LogP contribution is 2.31. The van der Waals surface area contributed by atoms with Gasteiger partial charge in [-0.15, -0.1) is 11.3 Å².